The second-order valence-corrected chi connectivity index (χ2v) is 10.1. The summed E-state index contributed by atoms with van der Waals surface area (Å²) < 4.78 is 13.9. The molecule has 1 amide bonds. The molecule has 0 saturated heterocycles. The third kappa shape index (κ3) is 7.48. The number of carbonyl (C=O) groups is 2. The number of aliphatic imine (C=N–C) groups is 1. The second kappa shape index (κ2) is 12.2. The van der Waals surface area contributed by atoms with Crippen molar-refractivity contribution in [3.63, 3.8) is 0 Å². The number of fused-ring (bicyclic) bond motifs is 1. The fourth-order valence-corrected chi connectivity index (χ4v) is 3.79. The van der Waals surface area contributed by atoms with Gasteiger partial charge in [0.05, 0.1) is 18.0 Å². The van der Waals surface area contributed by atoms with E-state index in [4.69, 9.17) is 4.18 Å². The number of nitrogens with zero attached hydrogens (tertiary/aromatic N) is 6. The molecule has 0 fully saturated rings. The number of aromatic nitrogens is 2. The van der Waals surface area contributed by atoms with E-state index < -0.39 is 11.6 Å². The number of thiol groups is 6. The van der Waals surface area contributed by atoms with Gasteiger partial charge in [-0.3, -0.25) is 4.79 Å². The molecule has 1 unspecified atom stereocenters. The summed E-state index contributed by atoms with van der Waals surface area (Å²) in [6, 6.07) is -0.379. The number of hydrogen-bond donors (Lipinski definition) is 7. The molecule has 1 aromatic rings. The minimum Gasteiger partial charge on any atom is -0.393 e. The molecule has 1 aliphatic heterocycles. The van der Waals surface area contributed by atoms with Crippen LogP contribution in [0.1, 0.15) is 26.0 Å². The zero-order valence-electron chi connectivity index (χ0n) is 17.2. The highest BCUT2D eigenvalue weighted by molar-refractivity contribution is 7.94. The summed E-state index contributed by atoms with van der Waals surface area (Å²) in [6.45, 7) is 3.65. The van der Waals surface area contributed by atoms with Crippen molar-refractivity contribution < 1.29 is 18.0 Å². The van der Waals surface area contributed by atoms with Gasteiger partial charge in [-0.05, 0) is 33.2 Å². The van der Waals surface area contributed by atoms with Gasteiger partial charge in [0.15, 0.2) is 5.84 Å². The first kappa shape index (κ1) is 27.7. The zero-order valence-corrected chi connectivity index (χ0v) is 22.6. The van der Waals surface area contributed by atoms with E-state index >= 15 is 0 Å². The van der Waals surface area contributed by atoms with E-state index in [-0.39, 0.29) is 38.3 Å². The van der Waals surface area contributed by atoms with Gasteiger partial charge in [0.1, 0.15) is 31.3 Å². The van der Waals surface area contributed by atoms with Crippen LogP contribution < -0.4 is 5.32 Å². The van der Waals surface area contributed by atoms with Crippen molar-refractivity contribution in [1.29, 1.82) is 0 Å². The molecule has 0 aliphatic carbocycles. The van der Waals surface area contributed by atoms with Gasteiger partial charge in [-0.2, -0.15) is 3.71 Å². The fourth-order valence-electron chi connectivity index (χ4n) is 3.04. The van der Waals surface area contributed by atoms with E-state index in [2.05, 4.69) is 96.6 Å². The van der Waals surface area contributed by atoms with Crippen LogP contribution in [0, 0.1) is 0 Å². The minimum absolute atomic E-state index is 0.0973. The van der Waals surface area contributed by atoms with Crippen LogP contribution >= 0.6 is 77.1 Å². The van der Waals surface area contributed by atoms with Crippen LogP contribution in [-0.4, -0.2) is 71.0 Å². The molecule has 32 heavy (non-hydrogen) atoms. The van der Waals surface area contributed by atoms with Crippen LogP contribution in [0.25, 0.3) is 0 Å². The molecule has 0 aromatic carbocycles. The molecule has 1 aromatic heterocycles. The molecular weight excluding hydrogens is 535 g/mol. The lowest BCUT2D eigenvalue weighted by atomic mass is 9.99. The molecule has 0 spiro atoms. The van der Waals surface area contributed by atoms with E-state index in [0.717, 1.165) is 0 Å². The Morgan fingerprint density at radius 3 is 2.53 bits per heavy atom. The molecule has 0 saturated carbocycles. The Kier molecular flexibility index (Phi) is 10.6. The van der Waals surface area contributed by atoms with Crippen LogP contribution in [0.5, 0.6) is 0 Å². The summed E-state index contributed by atoms with van der Waals surface area (Å²) in [5.41, 5.74) is -0.136. The molecule has 17 heteroatoms. The molecule has 2 rings (SSSR count). The Morgan fingerprint density at radius 1 is 1.28 bits per heavy atom. The van der Waals surface area contributed by atoms with E-state index in [1.54, 1.807) is 4.57 Å². The maximum absolute atomic E-state index is 13.2. The van der Waals surface area contributed by atoms with E-state index in [1.807, 2.05) is 13.8 Å². The van der Waals surface area contributed by atoms with Crippen LogP contribution in [0.15, 0.2) is 11.3 Å². The van der Waals surface area contributed by atoms with Crippen molar-refractivity contribution in [2.24, 2.45) is 4.99 Å². The highest BCUT2D eigenvalue weighted by atomic mass is 32.2. The largest absolute Gasteiger partial charge is 0.393 e. The molecule has 1 aliphatic rings. The molecule has 0 bridgehead atoms. The van der Waals surface area contributed by atoms with Gasteiger partial charge < -0.3 is 23.1 Å². The van der Waals surface area contributed by atoms with Gasteiger partial charge in [-0.25, -0.2) is 18.5 Å². The topological polar surface area (TPSA) is 105 Å². The average Bonchev–Trinajstić information content (AvgIpc) is 3.14. The van der Waals surface area contributed by atoms with Crippen molar-refractivity contribution in [3.8, 4) is 0 Å². The highest BCUT2D eigenvalue weighted by Crippen LogP contribution is 2.25. The quantitative estimate of drug-likeness (QED) is 0.171. The number of anilines is 1. The maximum atomic E-state index is 13.2. The van der Waals surface area contributed by atoms with Crippen molar-refractivity contribution in [2.45, 2.75) is 38.5 Å². The van der Waals surface area contributed by atoms with Gasteiger partial charge in [0, 0.05) is 19.5 Å². The molecule has 0 radical (unpaired) electrons. The minimum atomic E-state index is -0.684. The van der Waals surface area contributed by atoms with E-state index in [9.17, 15) is 9.59 Å². The number of carbonyl (C=O) groups excluding carboxylic acids is 2. The SMILES string of the molecule is CC(C)(CC(CN(CC(=O)OS)C(=O)Cn1cnc2c1NCN=C2N(S)S)N(S)S)OS. The summed E-state index contributed by atoms with van der Waals surface area (Å²) in [6.07, 6.45) is 1.92. The Labute approximate surface area is 220 Å². The van der Waals surface area contributed by atoms with E-state index in [1.165, 1.54) is 18.6 Å². The maximum Gasteiger partial charge on any atom is 0.337 e. The van der Waals surface area contributed by atoms with Crippen molar-refractivity contribution in [2.75, 3.05) is 25.1 Å². The molecule has 180 valence electrons. The summed E-state index contributed by atoms with van der Waals surface area (Å²) in [5, 5.41) is 3.08. The van der Waals surface area contributed by atoms with Gasteiger partial charge in [0.25, 0.3) is 0 Å². The Hall–Kier alpha value is -0.560. The second-order valence-electron chi connectivity index (χ2n) is 7.44. The first-order chi connectivity index (χ1) is 15.0. The fraction of sp³-hybridized carbons (Fsp3) is 0.600. The Morgan fingerprint density at radius 2 is 1.97 bits per heavy atom. The standard InChI is InChI=1S/C15H25N7O4S6/c1-15(2,26-32)3-9(21(27)28)4-19(6-11(24)25-31)10(23)5-20-8-18-12-13(20)16-7-17-14(12)22(29)30/h8-9,16,27-32H,3-7H2,1-2H3. The number of amides is 1. The van der Waals surface area contributed by atoms with Gasteiger partial charge in [-0.1, -0.05) is 51.3 Å². The van der Waals surface area contributed by atoms with Crippen LogP contribution in [0.4, 0.5) is 5.82 Å². The number of imidazole rings is 1. The molecule has 1 N–H and O–H groups in total. The van der Waals surface area contributed by atoms with Crippen molar-refractivity contribution in [3.05, 3.63) is 12.0 Å². The summed E-state index contributed by atoms with van der Waals surface area (Å²) in [5.74, 6) is -0.0150. The van der Waals surface area contributed by atoms with Crippen LogP contribution in [-0.2, 0) is 24.5 Å². The number of hydrogen-bond acceptors (Lipinski definition) is 15. The average molecular weight is 560 g/mol. The third-order valence-electron chi connectivity index (χ3n) is 4.53. The first-order valence-electron chi connectivity index (χ1n) is 9.12. The summed E-state index contributed by atoms with van der Waals surface area (Å²) >= 11 is 24.3. The number of nitrogens with one attached hydrogen (secondary N) is 1. The smallest absolute Gasteiger partial charge is 0.337 e. The zero-order chi connectivity index (χ0) is 24.1. The van der Waals surface area contributed by atoms with Gasteiger partial charge in [-0.15, -0.1) is 0 Å². The Balaban J connectivity index is 2.23. The number of rotatable bonds is 10. The lowest BCUT2D eigenvalue weighted by molar-refractivity contribution is -0.142. The Bertz CT molecular complexity index is 850. The van der Waals surface area contributed by atoms with Crippen LogP contribution in [0.2, 0.25) is 0 Å². The van der Waals surface area contributed by atoms with Crippen molar-refractivity contribution >= 4 is 101 Å². The lowest BCUT2D eigenvalue weighted by Crippen LogP contribution is -2.46. The summed E-state index contributed by atoms with van der Waals surface area (Å²) in [7, 11) is 0. The third-order valence-corrected chi connectivity index (χ3v) is 6.26. The molecule has 1 atom stereocenters. The monoisotopic (exact) mass is 559 g/mol. The molecular formula is C15H25N7O4S6. The highest BCUT2D eigenvalue weighted by Gasteiger charge is 2.31. The summed E-state index contributed by atoms with van der Waals surface area (Å²) in [4.78, 5) is 35.0. The predicted molar refractivity (Wildman–Crippen MR) is 141 cm³/mol. The predicted octanol–water partition coefficient (Wildman–Crippen LogP) is 1.61. The van der Waals surface area contributed by atoms with Gasteiger partial charge in [0.2, 0.25) is 5.91 Å². The van der Waals surface area contributed by atoms with Gasteiger partial charge >= 0.3 is 5.97 Å². The van der Waals surface area contributed by atoms with Crippen molar-refractivity contribution in [1.82, 2.24) is 21.9 Å². The molecule has 2 heterocycles. The normalized spacial score (nSPS) is 14.3. The number of amidine groups is 1. The molecule has 11 nitrogen and oxygen atoms in total. The van der Waals surface area contributed by atoms with E-state index in [0.29, 0.717) is 23.8 Å². The van der Waals surface area contributed by atoms with Crippen LogP contribution in [0.3, 0.4) is 0 Å². The first-order valence-corrected chi connectivity index (χ1v) is 11.5. The lowest BCUT2D eigenvalue weighted by Gasteiger charge is -2.34.